The molecule has 1 fully saturated rings. The zero-order valence-corrected chi connectivity index (χ0v) is 17.3. The highest BCUT2D eigenvalue weighted by atomic mass is 32.2. The number of nitrogens with two attached hydrogens (primary N) is 1. The van der Waals surface area contributed by atoms with Crippen molar-refractivity contribution in [2.24, 2.45) is 5.73 Å². The van der Waals surface area contributed by atoms with Crippen LogP contribution in [0.4, 0.5) is 0 Å². The summed E-state index contributed by atoms with van der Waals surface area (Å²) in [5.74, 6) is -2.76. The first-order valence-electron chi connectivity index (χ1n) is 8.80. The van der Waals surface area contributed by atoms with Crippen LogP contribution in [0.15, 0.2) is 29.2 Å². The molecule has 0 radical (unpaired) electrons. The van der Waals surface area contributed by atoms with Crippen molar-refractivity contribution < 1.29 is 24.3 Å². The number of hydrogen-bond donors (Lipinski definition) is 3. The maximum absolute atomic E-state index is 12.6. The first kappa shape index (κ1) is 22.6. The third-order valence-corrected chi connectivity index (χ3v) is 5.50. The number of carboxylic acids is 1. The number of hydrogen-bond acceptors (Lipinski definition) is 6. The number of carbonyl (C=O) groups is 4. The number of thioether (sulfide) groups is 1. The number of aryl methyl sites for hydroxylation is 1. The molecule has 2 rings (SSSR count). The number of carbonyl (C=O) groups excluding carboxylic acids is 3. The van der Waals surface area contributed by atoms with E-state index in [0.717, 1.165) is 22.9 Å². The molecule has 3 amide bonds. The first-order chi connectivity index (χ1) is 13.7. The van der Waals surface area contributed by atoms with Crippen molar-refractivity contribution in [3.8, 4) is 0 Å². The second kappa shape index (κ2) is 10.2. The van der Waals surface area contributed by atoms with Gasteiger partial charge in [0.05, 0.1) is 4.91 Å². The van der Waals surface area contributed by atoms with E-state index in [4.69, 9.17) is 23.1 Å². The topological polar surface area (TPSA) is 130 Å². The van der Waals surface area contributed by atoms with Crippen LogP contribution in [0.3, 0.4) is 0 Å². The Hall–Kier alpha value is -2.72. The Morgan fingerprint density at radius 1 is 1.28 bits per heavy atom. The highest BCUT2D eigenvalue weighted by Crippen LogP contribution is 2.32. The van der Waals surface area contributed by atoms with E-state index in [1.165, 1.54) is 4.90 Å². The Balaban J connectivity index is 1.94. The number of nitrogens with one attached hydrogen (secondary N) is 1. The van der Waals surface area contributed by atoms with Crippen LogP contribution in [0.5, 0.6) is 0 Å². The van der Waals surface area contributed by atoms with Gasteiger partial charge < -0.3 is 16.2 Å². The molecule has 4 N–H and O–H groups in total. The molecule has 1 unspecified atom stereocenters. The second-order valence-corrected chi connectivity index (χ2v) is 8.13. The van der Waals surface area contributed by atoms with Crippen LogP contribution in [0.25, 0.3) is 6.08 Å². The summed E-state index contributed by atoms with van der Waals surface area (Å²) in [5.41, 5.74) is 6.98. The summed E-state index contributed by atoms with van der Waals surface area (Å²) in [7, 11) is 0. The number of benzene rings is 1. The van der Waals surface area contributed by atoms with Gasteiger partial charge in [0, 0.05) is 19.4 Å². The molecule has 1 atom stereocenters. The summed E-state index contributed by atoms with van der Waals surface area (Å²) in [4.78, 5) is 48.4. The third-order valence-electron chi connectivity index (χ3n) is 4.12. The standard InChI is InChI=1S/C19H21N3O5S2/c1-11-2-4-12(5-3-11)10-14-17(25)22(19(28)29-14)9-8-16(24)21-13(18(26)27)6-7-15(20)23/h2-5,10,13H,6-9H2,1H3,(H2,20,23)(H,21,24)(H,26,27)/b14-10+. The molecule has 0 saturated carbocycles. The van der Waals surface area contributed by atoms with Gasteiger partial charge in [-0.25, -0.2) is 4.79 Å². The zero-order chi connectivity index (χ0) is 21.6. The van der Waals surface area contributed by atoms with Crippen molar-refractivity contribution in [1.29, 1.82) is 0 Å². The summed E-state index contributed by atoms with van der Waals surface area (Å²) in [6.45, 7) is 2.00. The SMILES string of the molecule is Cc1ccc(/C=C2/SC(=S)N(CCC(=O)NC(CCC(N)=O)C(=O)O)C2=O)cc1. The predicted molar refractivity (Wildman–Crippen MR) is 114 cm³/mol. The summed E-state index contributed by atoms with van der Waals surface area (Å²) < 4.78 is 0.338. The van der Waals surface area contributed by atoms with E-state index in [0.29, 0.717) is 9.23 Å². The lowest BCUT2D eigenvalue weighted by Crippen LogP contribution is -2.42. The van der Waals surface area contributed by atoms with Gasteiger partial charge in [0.25, 0.3) is 5.91 Å². The molecule has 10 heteroatoms. The van der Waals surface area contributed by atoms with Crippen LogP contribution in [0, 0.1) is 6.92 Å². The minimum Gasteiger partial charge on any atom is -0.480 e. The number of primary amides is 1. The highest BCUT2D eigenvalue weighted by molar-refractivity contribution is 8.26. The summed E-state index contributed by atoms with van der Waals surface area (Å²) in [6.07, 6.45) is 1.36. The maximum atomic E-state index is 12.6. The number of nitrogens with zero attached hydrogens (tertiary/aromatic N) is 1. The van der Waals surface area contributed by atoms with E-state index >= 15 is 0 Å². The molecular formula is C19H21N3O5S2. The molecule has 0 aromatic heterocycles. The fourth-order valence-corrected chi connectivity index (χ4v) is 3.84. The van der Waals surface area contributed by atoms with Crippen molar-refractivity contribution in [2.45, 2.75) is 32.2 Å². The third kappa shape index (κ3) is 6.68. The van der Waals surface area contributed by atoms with Gasteiger partial charge in [-0.2, -0.15) is 0 Å². The minimum absolute atomic E-state index is 0.0316. The van der Waals surface area contributed by atoms with E-state index in [2.05, 4.69) is 5.32 Å². The van der Waals surface area contributed by atoms with Crippen LogP contribution < -0.4 is 11.1 Å². The van der Waals surface area contributed by atoms with Crippen molar-refractivity contribution in [1.82, 2.24) is 10.2 Å². The van der Waals surface area contributed by atoms with E-state index < -0.39 is 23.8 Å². The summed E-state index contributed by atoms with van der Waals surface area (Å²) in [5, 5.41) is 11.5. The van der Waals surface area contributed by atoms with E-state index in [1.54, 1.807) is 6.08 Å². The van der Waals surface area contributed by atoms with Crippen molar-refractivity contribution >= 4 is 58.1 Å². The number of carboxylic acid groups (broad SMARTS) is 1. The molecule has 1 saturated heterocycles. The van der Waals surface area contributed by atoms with Gasteiger partial charge in [-0.15, -0.1) is 0 Å². The quantitative estimate of drug-likeness (QED) is 0.395. The Kier molecular flexibility index (Phi) is 7.91. The number of aliphatic carboxylic acids is 1. The number of amides is 3. The van der Waals surface area contributed by atoms with Crippen molar-refractivity contribution in [3.63, 3.8) is 0 Å². The molecule has 1 aliphatic heterocycles. The average molecular weight is 436 g/mol. The lowest BCUT2D eigenvalue weighted by molar-refractivity contribution is -0.142. The van der Waals surface area contributed by atoms with Crippen molar-refractivity contribution in [2.75, 3.05) is 6.54 Å². The fourth-order valence-electron chi connectivity index (χ4n) is 2.53. The van der Waals surface area contributed by atoms with Crippen molar-refractivity contribution in [3.05, 3.63) is 40.3 Å². The molecule has 1 aliphatic rings. The number of thiocarbonyl (C=S) groups is 1. The molecular weight excluding hydrogens is 414 g/mol. The minimum atomic E-state index is -1.26. The Labute approximate surface area is 177 Å². The summed E-state index contributed by atoms with van der Waals surface area (Å²) in [6, 6.07) is 6.45. The normalized spacial score (nSPS) is 16.2. The van der Waals surface area contributed by atoms with E-state index in [1.807, 2.05) is 31.2 Å². The predicted octanol–water partition coefficient (Wildman–Crippen LogP) is 1.42. The lowest BCUT2D eigenvalue weighted by Gasteiger charge is -2.16. The summed E-state index contributed by atoms with van der Waals surface area (Å²) >= 11 is 6.39. The monoisotopic (exact) mass is 435 g/mol. The van der Waals surface area contributed by atoms with Gasteiger partial charge in [-0.3, -0.25) is 19.3 Å². The molecule has 0 aliphatic carbocycles. The Morgan fingerprint density at radius 3 is 2.52 bits per heavy atom. The molecule has 29 heavy (non-hydrogen) atoms. The van der Waals surface area contributed by atoms with Crippen LogP contribution in [0.1, 0.15) is 30.4 Å². The maximum Gasteiger partial charge on any atom is 0.326 e. The van der Waals surface area contributed by atoms with E-state index in [9.17, 15) is 19.2 Å². The van der Waals surface area contributed by atoms with Gasteiger partial charge >= 0.3 is 5.97 Å². The molecule has 1 aromatic carbocycles. The molecule has 1 aromatic rings. The van der Waals surface area contributed by atoms with Gasteiger partial charge in [0.15, 0.2) is 0 Å². The average Bonchev–Trinajstić information content (AvgIpc) is 2.91. The molecule has 1 heterocycles. The number of rotatable bonds is 9. The van der Waals surface area contributed by atoms with Crippen LogP contribution in [-0.2, 0) is 19.2 Å². The van der Waals surface area contributed by atoms with Gasteiger partial charge in [0.2, 0.25) is 11.8 Å². The molecule has 8 nitrogen and oxygen atoms in total. The van der Waals surface area contributed by atoms with Crippen LogP contribution in [-0.4, -0.2) is 50.6 Å². The second-order valence-electron chi connectivity index (χ2n) is 6.46. The van der Waals surface area contributed by atoms with Crippen LogP contribution >= 0.6 is 24.0 Å². The molecule has 154 valence electrons. The Bertz CT molecular complexity index is 867. The van der Waals surface area contributed by atoms with E-state index in [-0.39, 0.29) is 31.7 Å². The highest BCUT2D eigenvalue weighted by Gasteiger charge is 2.32. The molecule has 0 bridgehead atoms. The first-order valence-corrected chi connectivity index (χ1v) is 10.0. The van der Waals surface area contributed by atoms with Crippen LogP contribution in [0.2, 0.25) is 0 Å². The van der Waals surface area contributed by atoms with Gasteiger partial charge in [0.1, 0.15) is 10.4 Å². The van der Waals surface area contributed by atoms with Gasteiger partial charge in [-0.05, 0) is 25.0 Å². The smallest absolute Gasteiger partial charge is 0.326 e. The lowest BCUT2D eigenvalue weighted by atomic mass is 10.1. The largest absolute Gasteiger partial charge is 0.480 e. The fraction of sp³-hybridized carbons (Fsp3) is 0.316. The Morgan fingerprint density at radius 2 is 1.93 bits per heavy atom. The van der Waals surface area contributed by atoms with Gasteiger partial charge in [-0.1, -0.05) is 53.8 Å². The zero-order valence-electron chi connectivity index (χ0n) is 15.7. The molecule has 0 spiro atoms.